The van der Waals surface area contributed by atoms with Gasteiger partial charge in [0.15, 0.2) is 0 Å². The van der Waals surface area contributed by atoms with Crippen LogP contribution in [0.4, 0.5) is 0 Å². The van der Waals surface area contributed by atoms with E-state index in [9.17, 15) is 20.1 Å². The van der Waals surface area contributed by atoms with E-state index in [1.807, 2.05) is 0 Å². The van der Waals surface area contributed by atoms with E-state index in [1.54, 1.807) is 0 Å². The summed E-state index contributed by atoms with van der Waals surface area (Å²) >= 11 is 0. The summed E-state index contributed by atoms with van der Waals surface area (Å²) in [5, 5.41) is 33.5. The van der Waals surface area contributed by atoms with Crippen LogP contribution in [0.2, 0.25) is 0 Å². The Hall–Kier alpha value is -0.650. The fourth-order valence-corrected chi connectivity index (χ4v) is 8.61. The monoisotopic (exact) mass is 808 g/mol. The molecule has 57 heavy (non-hydrogen) atoms. The van der Waals surface area contributed by atoms with Crippen molar-refractivity contribution in [1.29, 1.82) is 0 Å². The van der Waals surface area contributed by atoms with Gasteiger partial charge in [-0.05, 0) is 12.8 Å². The van der Waals surface area contributed by atoms with E-state index in [0.29, 0.717) is 12.8 Å². The zero-order valence-electron chi connectivity index (χ0n) is 39.0. The van der Waals surface area contributed by atoms with Crippen molar-refractivity contribution >= 4 is 5.91 Å². The molecule has 0 heterocycles. The molecule has 1 amide bonds. The first-order valence-corrected chi connectivity index (χ1v) is 26.3. The number of aliphatic hydroxyl groups is 3. The maximum absolute atomic E-state index is 12.5. The summed E-state index contributed by atoms with van der Waals surface area (Å²) in [5.41, 5.74) is 0. The second kappa shape index (κ2) is 48.0. The summed E-state index contributed by atoms with van der Waals surface area (Å²) in [4.78, 5) is 12.5. The molecule has 0 fully saturated rings. The second-order valence-electron chi connectivity index (χ2n) is 18.5. The zero-order valence-corrected chi connectivity index (χ0v) is 39.0. The van der Waals surface area contributed by atoms with E-state index in [2.05, 4.69) is 19.2 Å². The third-order valence-corrected chi connectivity index (χ3v) is 12.7. The third-order valence-electron chi connectivity index (χ3n) is 12.7. The van der Waals surface area contributed by atoms with Crippen molar-refractivity contribution < 1.29 is 20.1 Å². The Morgan fingerprint density at radius 1 is 0.351 bits per heavy atom. The van der Waals surface area contributed by atoms with Crippen LogP contribution in [-0.4, -0.2) is 46.1 Å². The number of unbranched alkanes of at least 4 members (excludes halogenated alkanes) is 41. The number of hydrogen-bond acceptors (Lipinski definition) is 4. The molecule has 5 nitrogen and oxygen atoms in total. The highest BCUT2D eigenvalue weighted by atomic mass is 16.3. The van der Waals surface area contributed by atoms with Crippen molar-refractivity contribution in [2.75, 3.05) is 6.61 Å². The van der Waals surface area contributed by atoms with Gasteiger partial charge in [0.2, 0.25) is 5.91 Å². The third kappa shape index (κ3) is 43.3. The van der Waals surface area contributed by atoms with Gasteiger partial charge < -0.3 is 20.6 Å². The Balaban J connectivity index is 3.49. The quantitative estimate of drug-likeness (QED) is 0.0461. The highest BCUT2D eigenvalue weighted by molar-refractivity contribution is 5.80. The van der Waals surface area contributed by atoms with Crippen molar-refractivity contribution in [1.82, 2.24) is 5.32 Å². The maximum Gasteiger partial charge on any atom is 0.249 e. The van der Waals surface area contributed by atoms with Crippen LogP contribution in [-0.2, 0) is 4.79 Å². The van der Waals surface area contributed by atoms with Crippen LogP contribution >= 0.6 is 0 Å². The summed E-state index contributed by atoms with van der Waals surface area (Å²) in [5.74, 6) is -0.463. The molecule has 0 spiro atoms. The summed E-state index contributed by atoms with van der Waals surface area (Å²) in [6.07, 6.45) is 57.1. The van der Waals surface area contributed by atoms with E-state index in [4.69, 9.17) is 0 Å². The van der Waals surface area contributed by atoms with Crippen molar-refractivity contribution in [3.8, 4) is 0 Å². The van der Waals surface area contributed by atoms with Gasteiger partial charge in [0, 0.05) is 0 Å². The van der Waals surface area contributed by atoms with Gasteiger partial charge in [0.05, 0.1) is 18.8 Å². The predicted molar refractivity (Wildman–Crippen MR) is 250 cm³/mol. The second-order valence-corrected chi connectivity index (χ2v) is 18.5. The molecule has 3 atom stereocenters. The van der Waals surface area contributed by atoms with Gasteiger partial charge >= 0.3 is 0 Å². The molecular weight excluding hydrogens is 703 g/mol. The van der Waals surface area contributed by atoms with E-state index < -0.39 is 24.2 Å². The minimum absolute atomic E-state index is 0.307. The lowest BCUT2D eigenvalue weighted by molar-refractivity contribution is -0.131. The topological polar surface area (TPSA) is 89.8 Å². The summed E-state index contributed by atoms with van der Waals surface area (Å²) in [6.45, 7) is 4.27. The number of amides is 1. The summed E-state index contributed by atoms with van der Waals surface area (Å²) in [7, 11) is 0. The number of rotatable bonds is 49. The van der Waals surface area contributed by atoms with Crippen LogP contribution < -0.4 is 5.32 Å². The fourth-order valence-electron chi connectivity index (χ4n) is 8.61. The average molecular weight is 808 g/mol. The van der Waals surface area contributed by atoms with E-state index in [0.717, 1.165) is 32.1 Å². The highest BCUT2D eigenvalue weighted by Crippen LogP contribution is 2.18. The number of carbonyl (C=O) groups is 1. The highest BCUT2D eigenvalue weighted by Gasteiger charge is 2.23. The molecule has 0 bridgehead atoms. The Labute approximate surface area is 357 Å². The SMILES string of the molecule is CCCCCCCCCCCCCCCCCCCCCCCCCCCCCC(O)C(=O)NC(CO)C(O)CCCCCCCCCCCCCCCCCC. The number of nitrogens with one attached hydrogen (secondary N) is 1. The van der Waals surface area contributed by atoms with E-state index in [1.165, 1.54) is 244 Å². The molecule has 0 rings (SSSR count). The van der Waals surface area contributed by atoms with Gasteiger partial charge in [-0.2, -0.15) is 0 Å². The molecule has 4 N–H and O–H groups in total. The molecule has 0 saturated heterocycles. The largest absolute Gasteiger partial charge is 0.394 e. The van der Waals surface area contributed by atoms with Gasteiger partial charge in [0.1, 0.15) is 6.10 Å². The van der Waals surface area contributed by atoms with Crippen molar-refractivity contribution in [2.45, 2.75) is 321 Å². The van der Waals surface area contributed by atoms with Gasteiger partial charge in [0.25, 0.3) is 0 Å². The molecule has 0 aliphatic heterocycles. The first kappa shape index (κ1) is 56.4. The molecule has 0 aliphatic carbocycles. The number of carbonyl (C=O) groups excluding carboxylic acids is 1. The first-order valence-electron chi connectivity index (χ1n) is 26.3. The lowest BCUT2D eigenvalue weighted by atomic mass is 10.0. The Bertz CT molecular complexity index is 762. The predicted octanol–water partition coefficient (Wildman–Crippen LogP) is 15.8. The normalized spacial score (nSPS) is 13.3. The lowest BCUT2D eigenvalue weighted by Gasteiger charge is -2.23. The smallest absolute Gasteiger partial charge is 0.249 e. The number of aliphatic hydroxyl groups excluding tert-OH is 3. The van der Waals surface area contributed by atoms with Crippen LogP contribution in [0.5, 0.6) is 0 Å². The van der Waals surface area contributed by atoms with E-state index >= 15 is 0 Å². The van der Waals surface area contributed by atoms with Gasteiger partial charge in [-0.1, -0.05) is 290 Å². The molecule has 0 aliphatic rings. The molecule has 0 aromatic heterocycles. The first-order chi connectivity index (χ1) is 28.1. The summed E-state index contributed by atoms with van der Waals surface area (Å²) < 4.78 is 0. The Morgan fingerprint density at radius 2 is 0.561 bits per heavy atom. The van der Waals surface area contributed by atoms with Crippen molar-refractivity contribution in [2.24, 2.45) is 0 Å². The molecule has 3 unspecified atom stereocenters. The minimum Gasteiger partial charge on any atom is -0.394 e. The molecule has 0 aromatic rings. The molecule has 0 radical (unpaired) electrons. The fraction of sp³-hybridized carbons (Fsp3) is 0.981. The van der Waals surface area contributed by atoms with Crippen molar-refractivity contribution in [3.63, 3.8) is 0 Å². The maximum atomic E-state index is 12.5. The standard InChI is InChI=1S/C52H105NO4/c1-3-5-7-9-11-13-15-17-19-21-22-23-24-25-26-27-28-29-30-31-33-35-37-39-41-43-45-47-51(56)52(57)53-49(48-54)50(55)46-44-42-40-38-36-34-32-20-18-16-14-12-10-8-6-4-2/h49-51,54-56H,3-48H2,1-2H3,(H,53,57). The van der Waals surface area contributed by atoms with Gasteiger partial charge in [-0.25, -0.2) is 0 Å². The number of hydrogen-bond donors (Lipinski definition) is 4. The zero-order chi connectivity index (χ0) is 41.5. The molecule has 342 valence electrons. The average Bonchev–Trinajstić information content (AvgIpc) is 3.22. The Kier molecular flexibility index (Phi) is 47.5. The lowest BCUT2D eigenvalue weighted by Crippen LogP contribution is -2.49. The summed E-state index contributed by atoms with van der Waals surface area (Å²) in [6, 6.07) is -0.706. The van der Waals surface area contributed by atoms with Crippen LogP contribution in [0.25, 0.3) is 0 Å². The Morgan fingerprint density at radius 3 is 0.789 bits per heavy atom. The van der Waals surface area contributed by atoms with Crippen LogP contribution in [0, 0.1) is 0 Å². The van der Waals surface area contributed by atoms with Crippen LogP contribution in [0.3, 0.4) is 0 Å². The minimum atomic E-state index is -1.07. The van der Waals surface area contributed by atoms with Crippen molar-refractivity contribution in [3.05, 3.63) is 0 Å². The molecular formula is C52H105NO4. The van der Waals surface area contributed by atoms with Crippen LogP contribution in [0.15, 0.2) is 0 Å². The van der Waals surface area contributed by atoms with Gasteiger partial charge in [-0.15, -0.1) is 0 Å². The molecule has 0 saturated carbocycles. The molecule has 5 heteroatoms. The molecule has 0 aromatic carbocycles. The van der Waals surface area contributed by atoms with Crippen LogP contribution in [0.1, 0.15) is 303 Å². The van der Waals surface area contributed by atoms with Gasteiger partial charge in [-0.3, -0.25) is 4.79 Å². The van der Waals surface area contributed by atoms with E-state index in [-0.39, 0.29) is 6.61 Å².